The van der Waals surface area contributed by atoms with E-state index in [2.05, 4.69) is 22.8 Å². The van der Waals surface area contributed by atoms with Crippen LogP contribution in [0.2, 0.25) is 0 Å². The molecule has 1 aromatic rings. The molecule has 120 valence electrons. The van der Waals surface area contributed by atoms with Crippen molar-refractivity contribution >= 4 is 11.7 Å². The third-order valence-corrected chi connectivity index (χ3v) is 4.04. The average Bonchev–Trinajstić information content (AvgIpc) is 2.87. The number of amides is 1. The summed E-state index contributed by atoms with van der Waals surface area (Å²) in [5, 5.41) is 6.10. The highest BCUT2D eigenvalue weighted by atomic mass is 16.2. The van der Waals surface area contributed by atoms with E-state index >= 15 is 0 Å². The van der Waals surface area contributed by atoms with Crippen molar-refractivity contribution in [3.05, 3.63) is 35.4 Å². The lowest BCUT2D eigenvalue weighted by molar-refractivity contribution is -0.139. The van der Waals surface area contributed by atoms with Crippen LogP contribution in [0.5, 0.6) is 0 Å². The van der Waals surface area contributed by atoms with Gasteiger partial charge in [0.25, 0.3) is 5.91 Å². The molecule has 22 heavy (non-hydrogen) atoms. The minimum absolute atomic E-state index is 0.0372. The van der Waals surface area contributed by atoms with E-state index in [0.717, 1.165) is 19.3 Å². The molecule has 0 saturated heterocycles. The molecule has 1 amide bonds. The number of hydrogen-bond donors (Lipinski definition) is 2. The number of carbonyl (C=O) groups excluding carboxylic acids is 2. The quantitative estimate of drug-likeness (QED) is 0.758. The van der Waals surface area contributed by atoms with Gasteiger partial charge in [-0.2, -0.15) is 0 Å². The summed E-state index contributed by atoms with van der Waals surface area (Å²) < 4.78 is 0. The Morgan fingerprint density at radius 3 is 2.27 bits per heavy atom. The van der Waals surface area contributed by atoms with Gasteiger partial charge in [0.15, 0.2) is 0 Å². The molecule has 0 bridgehead atoms. The first-order valence-corrected chi connectivity index (χ1v) is 8.18. The molecule has 0 saturated carbocycles. The number of nitrogens with one attached hydrogen (secondary N) is 2. The van der Waals surface area contributed by atoms with Crippen molar-refractivity contribution in [1.29, 1.82) is 0 Å². The Hall–Kier alpha value is -1.68. The molecule has 0 spiro atoms. The molecule has 4 heteroatoms. The van der Waals surface area contributed by atoms with E-state index in [1.54, 1.807) is 0 Å². The van der Waals surface area contributed by atoms with Gasteiger partial charge in [-0.15, -0.1) is 0 Å². The van der Waals surface area contributed by atoms with E-state index in [4.69, 9.17) is 0 Å². The lowest BCUT2D eigenvalue weighted by atomic mass is 10.0. The Morgan fingerprint density at radius 1 is 1.18 bits per heavy atom. The molecule has 2 rings (SSSR count). The van der Waals surface area contributed by atoms with Crippen LogP contribution >= 0.6 is 0 Å². The number of hydrogen-bond acceptors (Lipinski definition) is 3. The highest BCUT2D eigenvalue weighted by Crippen LogP contribution is 2.21. The number of rotatable bonds is 7. The number of ketones is 1. The smallest absolute Gasteiger partial charge is 0.289 e. The SMILES string of the molecule is CCCC(NC(C)C)C(=O)C(=O)NC1Cc2ccccc2C1. The fourth-order valence-corrected chi connectivity index (χ4v) is 3.06. The molecule has 1 aromatic carbocycles. The summed E-state index contributed by atoms with van der Waals surface area (Å²) >= 11 is 0. The topological polar surface area (TPSA) is 58.2 Å². The first kappa shape index (κ1) is 16.7. The number of fused-ring (bicyclic) bond motifs is 1. The zero-order valence-corrected chi connectivity index (χ0v) is 13.7. The first-order valence-electron chi connectivity index (χ1n) is 8.18. The van der Waals surface area contributed by atoms with Crippen LogP contribution < -0.4 is 10.6 Å². The van der Waals surface area contributed by atoms with Gasteiger partial charge in [-0.05, 0) is 30.4 Å². The maximum absolute atomic E-state index is 12.4. The Kier molecular flexibility index (Phi) is 5.72. The van der Waals surface area contributed by atoms with Gasteiger partial charge >= 0.3 is 0 Å². The van der Waals surface area contributed by atoms with Crippen LogP contribution in [0.15, 0.2) is 24.3 Å². The number of Topliss-reactive ketones (excluding diaryl/α,β-unsaturated/α-hetero) is 1. The lowest BCUT2D eigenvalue weighted by Gasteiger charge is -2.20. The summed E-state index contributed by atoms with van der Waals surface area (Å²) in [7, 11) is 0. The predicted octanol–water partition coefficient (Wildman–Crippen LogP) is 2.01. The molecule has 0 heterocycles. The van der Waals surface area contributed by atoms with E-state index in [0.29, 0.717) is 6.42 Å². The minimum Gasteiger partial charge on any atom is -0.346 e. The average molecular weight is 302 g/mol. The summed E-state index contributed by atoms with van der Waals surface area (Å²) in [4.78, 5) is 24.6. The van der Waals surface area contributed by atoms with E-state index in [1.807, 2.05) is 32.9 Å². The minimum atomic E-state index is -0.454. The van der Waals surface area contributed by atoms with Crippen LogP contribution in [0, 0.1) is 0 Å². The Labute approximate surface area is 132 Å². The molecular weight excluding hydrogens is 276 g/mol. The summed E-state index contributed by atoms with van der Waals surface area (Å²) in [5.41, 5.74) is 2.54. The molecule has 4 nitrogen and oxygen atoms in total. The van der Waals surface area contributed by atoms with E-state index in [9.17, 15) is 9.59 Å². The molecule has 1 aliphatic carbocycles. The monoisotopic (exact) mass is 302 g/mol. The Balaban J connectivity index is 1.93. The van der Waals surface area contributed by atoms with Crippen molar-refractivity contribution in [1.82, 2.24) is 10.6 Å². The zero-order valence-electron chi connectivity index (χ0n) is 13.7. The van der Waals surface area contributed by atoms with Crippen molar-refractivity contribution in [3.8, 4) is 0 Å². The maximum Gasteiger partial charge on any atom is 0.289 e. The summed E-state index contributed by atoms with van der Waals surface area (Å²) in [6.07, 6.45) is 3.18. The highest BCUT2D eigenvalue weighted by Gasteiger charge is 2.29. The van der Waals surface area contributed by atoms with Gasteiger partial charge in [0.1, 0.15) is 0 Å². The summed E-state index contributed by atoms with van der Waals surface area (Å²) in [5.74, 6) is -0.795. The molecule has 2 N–H and O–H groups in total. The van der Waals surface area contributed by atoms with Crippen molar-refractivity contribution in [3.63, 3.8) is 0 Å². The molecule has 1 aliphatic rings. The van der Waals surface area contributed by atoms with Crippen LogP contribution in [0.25, 0.3) is 0 Å². The van der Waals surface area contributed by atoms with Gasteiger partial charge in [0, 0.05) is 12.1 Å². The third kappa shape index (κ3) is 4.17. The maximum atomic E-state index is 12.4. The van der Waals surface area contributed by atoms with Crippen LogP contribution in [0.1, 0.15) is 44.7 Å². The van der Waals surface area contributed by atoms with Gasteiger partial charge in [-0.1, -0.05) is 51.5 Å². The van der Waals surface area contributed by atoms with E-state index in [1.165, 1.54) is 11.1 Å². The summed E-state index contributed by atoms with van der Waals surface area (Å²) in [6.45, 7) is 6.00. The largest absolute Gasteiger partial charge is 0.346 e. The van der Waals surface area contributed by atoms with Gasteiger partial charge in [0.05, 0.1) is 6.04 Å². The van der Waals surface area contributed by atoms with Crippen LogP contribution in [-0.2, 0) is 22.4 Å². The molecule has 1 unspecified atom stereocenters. The van der Waals surface area contributed by atoms with Gasteiger partial charge in [0.2, 0.25) is 5.78 Å². The second-order valence-electron chi connectivity index (χ2n) is 6.37. The lowest BCUT2D eigenvalue weighted by Crippen LogP contribution is -2.49. The fraction of sp³-hybridized carbons (Fsp3) is 0.556. The molecule has 1 atom stereocenters. The van der Waals surface area contributed by atoms with Crippen LogP contribution in [-0.4, -0.2) is 29.8 Å². The van der Waals surface area contributed by atoms with Crippen molar-refractivity contribution in [2.24, 2.45) is 0 Å². The Bertz CT molecular complexity index is 515. The number of benzene rings is 1. The van der Waals surface area contributed by atoms with Gasteiger partial charge in [-0.25, -0.2) is 0 Å². The second kappa shape index (κ2) is 7.54. The standard InChI is InChI=1S/C18H26N2O2/c1-4-7-16(19-12(2)3)17(21)18(22)20-15-10-13-8-5-6-9-14(13)11-15/h5-6,8-9,12,15-16,19H,4,7,10-11H2,1-3H3,(H,20,22). The van der Waals surface area contributed by atoms with Crippen molar-refractivity contribution in [2.75, 3.05) is 0 Å². The van der Waals surface area contributed by atoms with Gasteiger partial charge in [-0.3, -0.25) is 9.59 Å². The second-order valence-corrected chi connectivity index (χ2v) is 6.37. The fourth-order valence-electron chi connectivity index (χ4n) is 3.06. The van der Waals surface area contributed by atoms with Crippen molar-refractivity contribution < 1.29 is 9.59 Å². The van der Waals surface area contributed by atoms with Crippen LogP contribution in [0.3, 0.4) is 0 Å². The molecule has 0 aliphatic heterocycles. The predicted molar refractivity (Wildman–Crippen MR) is 87.8 cm³/mol. The van der Waals surface area contributed by atoms with Gasteiger partial charge < -0.3 is 10.6 Å². The normalized spacial score (nSPS) is 15.6. The molecule has 0 fully saturated rings. The molecule has 0 radical (unpaired) electrons. The van der Waals surface area contributed by atoms with E-state index < -0.39 is 5.91 Å². The Morgan fingerprint density at radius 2 is 1.77 bits per heavy atom. The van der Waals surface area contributed by atoms with Crippen LogP contribution in [0.4, 0.5) is 0 Å². The third-order valence-electron chi connectivity index (χ3n) is 4.04. The molecular formula is C18H26N2O2. The molecule has 0 aromatic heterocycles. The number of carbonyl (C=O) groups is 2. The highest BCUT2D eigenvalue weighted by molar-refractivity contribution is 6.38. The summed E-state index contributed by atoms with van der Waals surface area (Å²) in [6, 6.07) is 8.04. The zero-order chi connectivity index (χ0) is 16.1. The first-order chi connectivity index (χ1) is 10.5. The van der Waals surface area contributed by atoms with Crippen molar-refractivity contribution in [2.45, 2.75) is 64.6 Å². The van der Waals surface area contributed by atoms with E-state index in [-0.39, 0.29) is 23.9 Å².